The van der Waals surface area contributed by atoms with Gasteiger partial charge in [-0.3, -0.25) is 4.79 Å². The molecule has 3 heteroatoms. The Kier molecular flexibility index (Phi) is 5.16. The molecule has 1 amide bonds. The molecule has 1 aromatic carbocycles. The van der Waals surface area contributed by atoms with Crippen molar-refractivity contribution in [3.05, 3.63) is 35.4 Å². The van der Waals surface area contributed by atoms with Crippen LogP contribution >= 0.6 is 0 Å². The van der Waals surface area contributed by atoms with Gasteiger partial charge in [-0.25, -0.2) is 0 Å². The third kappa shape index (κ3) is 4.57. The van der Waals surface area contributed by atoms with Crippen LogP contribution in [-0.4, -0.2) is 18.5 Å². The molecule has 17 heavy (non-hydrogen) atoms. The number of amides is 1. The smallest absolute Gasteiger partial charge is 0.234 e. The predicted molar refractivity (Wildman–Crippen MR) is 70.9 cm³/mol. The van der Waals surface area contributed by atoms with Crippen LogP contribution in [0.3, 0.4) is 0 Å². The number of carbonyl (C=O) groups excluding carboxylic acids is 1. The Morgan fingerprint density at radius 1 is 1.24 bits per heavy atom. The first kappa shape index (κ1) is 13.7. The molecular weight excluding hydrogens is 212 g/mol. The molecule has 0 radical (unpaired) electrons. The number of hydrogen-bond donors (Lipinski definition) is 2. The standard InChI is InChI=1S/C14H22N2O/c1-10(2)16-14(17)9-15-12(4)13-8-6-5-7-11(13)3/h5-8,10,12,15H,9H2,1-4H3,(H,16,17)/t12-/m1/s1. The van der Waals surface area contributed by atoms with Gasteiger partial charge in [-0.1, -0.05) is 24.3 Å². The number of carbonyl (C=O) groups is 1. The van der Waals surface area contributed by atoms with Crippen molar-refractivity contribution in [2.24, 2.45) is 0 Å². The first-order valence-corrected chi connectivity index (χ1v) is 6.09. The van der Waals surface area contributed by atoms with Crippen LogP contribution in [0.15, 0.2) is 24.3 Å². The Bertz CT molecular complexity index is 374. The van der Waals surface area contributed by atoms with Gasteiger partial charge in [-0.05, 0) is 38.8 Å². The van der Waals surface area contributed by atoms with Gasteiger partial charge in [0.25, 0.3) is 0 Å². The van der Waals surface area contributed by atoms with Gasteiger partial charge in [-0.2, -0.15) is 0 Å². The summed E-state index contributed by atoms with van der Waals surface area (Å²) < 4.78 is 0. The van der Waals surface area contributed by atoms with E-state index in [2.05, 4.69) is 36.6 Å². The van der Waals surface area contributed by atoms with Crippen LogP contribution in [0.4, 0.5) is 0 Å². The highest BCUT2D eigenvalue weighted by molar-refractivity contribution is 5.78. The van der Waals surface area contributed by atoms with Crippen molar-refractivity contribution in [2.75, 3.05) is 6.54 Å². The maximum Gasteiger partial charge on any atom is 0.234 e. The molecule has 0 aliphatic heterocycles. The Morgan fingerprint density at radius 2 is 1.88 bits per heavy atom. The molecule has 0 saturated carbocycles. The zero-order chi connectivity index (χ0) is 12.8. The molecule has 0 aliphatic rings. The first-order chi connectivity index (χ1) is 8.00. The molecule has 0 unspecified atom stereocenters. The molecular formula is C14H22N2O. The van der Waals surface area contributed by atoms with E-state index in [1.165, 1.54) is 11.1 Å². The van der Waals surface area contributed by atoms with E-state index in [-0.39, 0.29) is 18.0 Å². The van der Waals surface area contributed by atoms with Gasteiger partial charge in [0.2, 0.25) is 5.91 Å². The second-order valence-electron chi connectivity index (χ2n) is 4.68. The van der Waals surface area contributed by atoms with Crippen LogP contribution in [-0.2, 0) is 4.79 Å². The molecule has 0 bridgehead atoms. The Labute approximate surface area is 104 Å². The normalized spacial score (nSPS) is 12.5. The Hall–Kier alpha value is -1.35. The minimum atomic E-state index is 0.0421. The fraction of sp³-hybridized carbons (Fsp3) is 0.500. The monoisotopic (exact) mass is 234 g/mol. The van der Waals surface area contributed by atoms with Crippen LogP contribution in [0.1, 0.15) is 37.9 Å². The summed E-state index contributed by atoms with van der Waals surface area (Å²) in [7, 11) is 0. The third-order valence-electron chi connectivity index (χ3n) is 2.67. The van der Waals surface area contributed by atoms with Crippen molar-refractivity contribution in [1.29, 1.82) is 0 Å². The topological polar surface area (TPSA) is 41.1 Å². The van der Waals surface area contributed by atoms with Crippen LogP contribution in [0.2, 0.25) is 0 Å². The summed E-state index contributed by atoms with van der Waals surface area (Å²) in [5, 5.41) is 6.10. The van der Waals surface area contributed by atoms with E-state index < -0.39 is 0 Å². The minimum Gasteiger partial charge on any atom is -0.353 e. The SMILES string of the molecule is Cc1ccccc1[C@@H](C)NCC(=O)NC(C)C. The zero-order valence-electron chi connectivity index (χ0n) is 11.1. The van der Waals surface area contributed by atoms with E-state index in [0.717, 1.165) is 0 Å². The molecule has 1 rings (SSSR count). The quantitative estimate of drug-likeness (QED) is 0.820. The van der Waals surface area contributed by atoms with Gasteiger partial charge in [0.05, 0.1) is 6.54 Å². The fourth-order valence-corrected chi connectivity index (χ4v) is 1.80. The van der Waals surface area contributed by atoms with Gasteiger partial charge in [0.1, 0.15) is 0 Å². The van der Waals surface area contributed by atoms with Gasteiger partial charge >= 0.3 is 0 Å². The summed E-state index contributed by atoms with van der Waals surface area (Å²) in [6, 6.07) is 8.60. The summed E-state index contributed by atoms with van der Waals surface area (Å²) in [4.78, 5) is 11.5. The third-order valence-corrected chi connectivity index (χ3v) is 2.67. The lowest BCUT2D eigenvalue weighted by Crippen LogP contribution is -2.38. The number of aryl methyl sites for hydroxylation is 1. The molecule has 0 fully saturated rings. The van der Waals surface area contributed by atoms with Crippen LogP contribution < -0.4 is 10.6 Å². The van der Waals surface area contributed by atoms with Gasteiger partial charge < -0.3 is 10.6 Å². The van der Waals surface area contributed by atoms with Crippen LogP contribution in [0, 0.1) is 6.92 Å². The molecule has 94 valence electrons. The molecule has 3 nitrogen and oxygen atoms in total. The van der Waals surface area contributed by atoms with Crippen molar-refractivity contribution in [1.82, 2.24) is 10.6 Å². The Balaban J connectivity index is 2.48. The molecule has 0 heterocycles. The largest absolute Gasteiger partial charge is 0.353 e. The maximum atomic E-state index is 11.5. The summed E-state index contributed by atoms with van der Waals surface area (Å²) in [5.74, 6) is 0.0421. The number of hydrogen-bond acceptors (Lipinski definition) is 2. The van der Waals surface area contributed by atoms with E-state index >= 15 is 0 Å². The van der Waals surface area contributed by atoms with E-state index in [1.807, 2.05) is 26.0 Å². The predicted octanol–water partition coefficient (Wildman–Crippen LogP) is 2.17. The molecule has 2 N–H and O–H groups in total. The van der Waals surface area contributed by atoms with Gasteiger partial charge in [0.15, 0.2) is 0 Å². The van der Waals surface area contributed by atoms with Crippen molar-refractivity contribution in [2.45, 2.75) is 39.8 Å². The van der Waals surface area contributed by atoms with Crippen molar-refractivity contribution in [3.63, 3.8) is 0 Å². The molecule has 1 atom stereocenters. The molecule has 1 aromatic rings. The highest BCUT2D eigenvalue weighted by atomic mass is 16.1. The van der Waals surface area contributed by atoms with Crippen LogP contribution in [0.25, 0.3) is 0 Å². The average Bonchev–Trinajstić information content (AvgIpc) is 2.25. The van der Waals surface area contributed by atoms with E-state index in [4.69, 9.17) is 0 Å². The van der Waals surface area contributed by atoms with E-state index in [1.54, 1.807) is 0 Å². The second-order valence-corrected chi connectivity index (χ2v) is 4.68. The van der Waals surface area contributed by atoms with Crippen molar-refractivity contribution in [3.8, 4) is 0 Å². The maximum absolute atomic E-state index is 11.5. The van der Waals surface area contributed by atoms with Gasteiger partial charge in [-0.15, -0.1) is 0 Å². The van der Waals surface area contributed by atoms with E-state index in [0.29, 0.717) is 6.54 Å². The lowest BCUT2D eigenvalue weighted by molar-refractivity contribution is -0.120. The van der Waals surface area contributed by atoms with E-state index in [9.17, 15) is 4.79 Å². The summed E-state index contributed by atoms with van der Waals surface area (Å²) in [6.45, 7) is 8.44. The summed E-state index contributed by atoms with van der Waals surface area (Å²) >= 11 is 0. The highest BCUT2D eigenvalue weighted by Crippen LogP contribution is 2.15. The minimum absolute atomic E-state index is 0.0421. The van der Waals surface area contributed by atoms with Crippen molar-refractivity contribution >= 4 is 5.91 Å². The first-order valence-electron chi connectivity index (χ1n) is 6.09. The fourth-order valence-electron chi connectivity index (χ4n) is 1.80. The zero-order valence-corrected chi connectivity index (χ0v) is 11.1. The molecule has 0 spiro atoms. The number of benzene rings is 1. The number of rotatable bonds is 5. The Morgan fingerprint density at radius 3 is 2.47 bits per heavy atom. The molecule has 0 saturated heterocycles. The lowest BCUT2D eigenvalue weighted by Gasteiger charge is -2.17. The molecule has 0 aromatic heterocycles. The van der Waals surface area contributed by atoms with Crippen molar-refractivity contribution < 1.29 is 4.79 Å². The molecule has 0 aliphatic carbocycles. The van der Waals surface area contributed by atoms with Gasteiger partial charge in [0, 0.05) is 12.1 Å². The number of nitrogens with one attached hydrogen (secondary N) is 2. The summed E-state index contributed by atoms with van der Waals surface area (Å²) in [5.41, 5.74) is 2.49. The van der Waals surface area contributed by atoms with Crippen LogP contribution in [0.5, 0.6) is 0 Å². The summed E-state index contributed by atoms with van der Waals surface area (Å²) in [6.07, 6.45) is 0. The second kappa shape index (κ2) is 6.40. The highest BCUT2D eigenvalue weighted by Gasteiger charge is 2.09. The average molecular weight is 234 g/mol. The lowest BCUT2D eigenvalue weighted by atomic mass is 10.0.